The topological polar surface area (TPSA) is 94.2 Å². The molecule has 0 aliphatic carbocycles. The Kier molecular flexibility index (Phi) is 8.47. The van der Waals surface area contributed by atoms with Gasteiger partial charge in [0.2, 0.25) is 5.88 Å². The summed E-state index contributed by atoms with van der Waals surface area (Å²) in [6.45, 7) is 2.19. The molecule has 0 radical (unpaired) electrons. The number of fused-ring (bicyclic) bond motifs is 3. The molecule has 5 rings (SSSR count). The highest BCUT2D eigenvalue weighted by Gasteiger charge is 2.26. The van der Waals surface area contributed by atoms with Crippen molar-refractivity contribution in [3.05, 3.63) is 99.0 Å². The van der Waals surface area contributed by atoms with Gasteiger partial charge in [0.15, 0.2) is 0 Å². The van der Waals surface area contributed by atoms with Crippen LogP contribution in [0.4, 0.5) is 9.18 Å². The van der Waals surface area contributed by atoms with Crippen molar-refractivity contribution in [2.24, 2.45) is 0 Å². The number of pyridine rings is 1. The molecule has 0 atom stereocenters. The van der Waals surface area contributed by atoms with E-state index >= 15 is 0 Å². The quantitative estimate of drug-likeness (QED) is 0.305. The predicted octanol–water partition coefficient (Wildman–Crippen LogP) is 5.77. The molecule has 0 unspecified atom stereocenters. The molecule has 3 heterocycles. The molecule has 0 spiro atoms. The molecule has 4 aromatic rings. The summed E-state index contributed by atoms with van der Waals surface area (Å²) in [6, 6.07) is 15.5. The van der Waals surface area contributed by atoms with E-state index in [1.807, 2.05) is 18.2 Å². The van der Waals surface area contributed by atoms with Crippen LogP contribution in [0.5, 0.6) is 5.88 Å². The Morgan fingerprint density at radius 2 is 2.08 bits per heavy atom. The van der Waals surface area contributed by atoms with Crippen LogP contribution in [0.3, 0.4) is 0 Å². The predicted molar refractivity (Wildman–Crippen MR) is 150 cm³/mol. The molecule has 2 aromatic heterocycles. The lowest BCUT2D eigenvalue weighted by atomic mass is 10.0. The van der Waals surface area contributed by atoms with Crippen molar-refractivity contribution in [3.63, 3.8) is 0 Å². The zero-order chi connectivity index (χ0) is 25.9. The fraction of sp³-hybridized carbons (Fsp3) is 0.179. The molecule has 0 fully saturated rings. The zero-order valence-corrected chi connectivity index (χ0v) is 22.6. The van der Waals surface area contributed by atoms with Crippen LogP contribution >= 0.6 is 28.3 Å². The number of nitriles is 1. The first-order chi connectivity index (χ1) is 17.9. The lowest BCUT2D eigenvalue weighted by Gasteiger charge is -2.27. The van der Waals surface area contributed by atoms with Crippen LogP contribution in [0.15, 0.2) is 65.3 Å². The van der Waals surface area contributed by atoms with E-state index in [1.54, 1.807) is 34.9 Å². The van der Waals surface area contributed by atoms with Crippen molar-refractivity contribution in [2.75, 3.05) is 13.1 Å². The van der Waals surface area contributed by atoms with Crippen molar-refractivity contribution in [2.45, 2.75) is 19.5 Å². The number of rotatable bonds is 5. The van der Waals surface area contributed by atoms with Gasteiger partial charge in [-0.3, -0.25) is 9.47 Å². The number of nitrogens with zero attached hydrogens (tertiary/aromatic N) is 4. The van der Waals surface area contributed by atoms with E-state index in [1.165, 1.54) is 18.3 Å². The van der Waals surface area contributed by atoms with Gasteiger partial charge in [-0.15, -0.1) is 12.4 Å². The number of hydrogen-bond donors (Lipinski definition) is 2. The second-order valence-electron chi connectivity index (χ2n) is 8.84. The largest absolute Gasteiger partial charge is 0.493 e. The molecule has 10 heteroatoms. The van der Waals surface area contributed by atoms with Crippen LogP contribution in [-0.4, -0.2) is 38.7 Å². The second kappa shape index (κ2) is 11.8. The van der Waals surface area contributed by atoms with Gasteiger partial charge in [-0.05, 0) is 47.5 Å². The van der Waals surface area contributed by atoms with E-state index in [9.17, 15) is 19.6 Å². The van der Waals surface area contributed by atoms with Crippen LogP contribution in [0.2, 0.25) is 0 Å². The molecule has 2 aromatic carbocycles. The number of aromatic nitrogens is 2. The minimum Gasteiger partial charge on any atom is -0.493 e. The van der Waals surface area contributed by atoms with E-state index in [0.29, 0.717) is 35.1 Å². The van der Waals surface area contributed by atoms with Gasteiger partial charge in [0.25, 0.3) is 0 Å². The normalized spacial score (nSPS) is 13.2. The first-order valence-electron chi connectivity index (χ1n) is 11.8. The van der Waals surface area contributed by atoms with Gasteiger partial charge in [0.05, 0.1) is 17.1 Å². The lowest BCUT2D eigenvalue weighted by Crippen LogP contribution is -2.34. The summed E-state index contributed by atoms with van der Waals surface area (Å²) in [5.41, 5.74) is 4.46. The number of halogens is 3. The Hall–Kier alpha value is -3.71. The maximum absolute atomic E-state index is 14.2. The Morgan fingerprint density at radius 3 is 2.84 bits per heavy atom. The van der Waals surface area contributed by atoms with Crippen LogP contribution < -0.4 is 5.32 Å². The van der Waals surface area contributed by atoms with Crippen LogP contribution in [-0.2, 0) is 19.5 Å². The minimum atomic E-state index is -0.286. The summed E-state index contributed by atoms with van der Waals surface area (Å²) in [4.78, 5) is 19.3. The zero-order valence-electron chi connectivity index (χ0n) is 20.2. The third kappa shape index (κ3) is 5.73. The molecule has 1 amide bonds. The number of aromatic hydroxyl groups is 1. The average Bonchev–Trinajstić information content (AvgIpc) is 3.21. The lowest BCUT2D eigenvalue weighted by molar-refractivity contribution is 0.240. The van der Waals surface area contributed by atoms with Gasteiger partial charge in [0, 0.05) is 66.0 Å². The molecule has 0 saturated carbocycles. The maximum atomic E-state index is 14.2. The number of benzene rings is 2. The average molecular weight is 597 g/mol. The van der Waals surface area contributed by atoms with Crippen molar-refractivity contribution in [1.29, 1.82) is 5.26 Å². The van der Waals surface area contributed by atoms with Crippen LogP contribution in [0.25, 0.3) is 17.0 Å². The van der Waals surface area contributed by atoms with Crippen LogP contribution in [0.1, 0.15) is 27.9 Å². The van der Waals surface area contributed by atoms with Gasteiger partial charge in [0.1, 0.15) is 5.82 Å². The maximum Gasteiger partial charge on any atom is 0.326 e. The number of nitrogens with one attached hydrogen (secondary N) is 1. The van der Waals surface area contributed by atoms with Gasteiger partial charge in [-0.25, -0.2) is 14.2 Å². The monoisotopic (exact) mass is 595 g/mol. The third-order valence-electron chi connectivity index (χ3n) is 6.44. The molecule has 38 heavy (non-hydrogen) atoms. The highest BCUT2D eigenvalue weighted by atomic mass is 79.9. The molecule has 2 N–H and O–H groups in total. The smallest absolute Gasteiger partial charge is 0.326 e. The second-order valence-corrected chi connectivity index (χ2v) is 9.75. The first kappa shape index (κ1) is 27.3. The van der Waals surface area contributed by atoms with Gasteiger partial charge >= 0.3 is 6.03 Å². The SMILES string of the molecule is Cl.N#Cc1ccc2c(c1)c1c(n2C(=O)NCc2ccnc(O)c2)CCN(C/C=C/c2ccc(Br)cc2F)C1. The van der Waals surface area contributed by atoms with E-state index < -0.39 is 0 Å². The van der Waals surface area contributed by atoms with Crippen molar-refractivity contribution < 1.29 is 14.3 Å². The number of amides is 1. The van der Waals surface area contributed by atoms with Crippen molar-refractivity contribution >= 4 is 51.3 Å². The molecule has 7 nitrogen and oxygen atoms in total. The first-order valence-corrected chi connectivity index (χ1v) is 12.5. The molecular weight excluding hydrogens is 573 g/mol. The standard InChI is InChI=1S/C28H23BrFN5O2.ClH/c29-21-5-4-20(24(30)14-21)2-1-10-34-11-8-26-23(17-34)22-12-18(15-31)3-6-25(22)35(26)28(37)33-16-19-7-9-32-27(36)13-19;/h1-7,9,12-14H,8,10-11,16-17H2,(H,32,36)(H,33,37);1H/b2-1+;. The summed E-state index contributed by atoms with van der Waals surface area (Å²) in [5, 5.41) is 22.9. The molecular formula is C28H24BrClFN5O2. The van der Waals surface area contributed by atoms with E-state index in [4.69, 9.17) is 0 Å². The summed E-state index contributed by atoms with van der Waals surface area (Å²) >= 11 is 3.27. The fourth-order valence-electron chi connectivity index (χ4n) is 4.66. The summed E-state index contributed by atoms with van der Waals surface area (Å²) < 4.78 is 16.5. The molecule has 1 aliphatic rings. The summed E-state index contributed by atoms with van der Waals surface area (Å²) in [5.74, 6) is -0.386. The van der Waals surface area contributed by atoms with E-state index in [0.717, 1.165) is 34.3 Å². The highest BCUT2D eigenvalue weighted by Crippen LogP contribution is 2.32. The Balaban J connectivity index is 0.00000336. The highest BCUT2D eigenvalue weighted by molar-refractivity contribution is 9.10. The Bertz CT molecular complexity index is 1580. The third-order valence-corrected chi connectivity index (χ3v) is 6.93. The van der Waals surface area contributed by atoms with E-state index in [-0.39, 0.29) is 36.7 Å². The Morgan fingerprint density at radius 1 is 1.24 bits per heavy atom. The van der Waals surface area contributed by atoms with Gasteiger partial charge < -0.3 is 10.4 Å². The van der Waals surface area contributed by atoms with Crippen LogP contribution in [0, 0.1) is 17.1 Å². The number of hydrogen-bond acceptors (Lipinski definition) is 5. The number of carbonyl (C=O) groups is 1. The van der Waals surface area contributed by atoms with E-state index in [2.05, 4.69) is 37.2 Å². The molecule has 194 valence electrons. The molecule has 0 bridgehead atoms. The number of carbonyl (C=O) groups excluding carboxylic acids is 1. The van der Waals surface area contributed by atoms with Crippen molar-refractivity contribution in [3.8, 4) is 11.9 Å². The summed E-state index contributed by atoms with van der Waals surface area (Å²) in [6.07, 6.45) is 5.85. The Labute approximate surface area is 233 Å². The molecule has 0 saturated heterocycles. The minimum absolute atomic E-state index is 0. The molecule has 1 aliphatic heterocycles. The van der Waals surface area contributed by atoms with Crippen molar-refractivity contribution in [1.82, 2.24) is 19.8 Å². The van der Waals surface area contributed by atoms with Gasteiger partial charge in [-0.2, -0.15) is 5.26 Å². The fourth-order valence-corrected chi connectivity index (χ4v) is 5.00. The summed E-state index contributed by atoms with van der Waals surface area (Å²) in [7, 11) is 0. The van der Waals surface area contributed by atoms with Gasteiger partial charge in [-0.1, -0.05) is 34.1 Å².